The van der Waals surface area contributed by atoms with E-state index in [2.05, 4.69) is 5.32 Å². The van der Waals surface area contributed by atoms with E-state index in [-0.39, 0.29) is 22.8 Å². The summed E-state index contributed by atoms with van der Waals surface area (Å²) in [5.41, 5.74) is 1.00. The first kappa shape index (κ1) is 20.0. The summed E-state index contributed by atoms with van der Waals surface area (Å²) in [7, 11) is 2.84. The van der Waals surface area contributed by atoms with E-state index in [9.17, 15) is 14.4 Å². The van der Waals surface area contributed by atoms with Crippen molar-refractivity contribution in [3.8, 4) is 11.5 Å². The van der Waals surface area contributed by atoms with E-state index in [1.807, 2.05) is 0 Å². The second-order valence-corrected chi connectivity index (χ2v) is 5.71. The molecule has 0 aliphatic carbocycles. The van der Waals surface area contributed by atoms with Crippen LogP contribution in [-0.4, -0.2) is 38.0 Å². The Bertz CT molecular complexity index is 839. The molecule has 0 fully saturated rings. The Balaban J connectivity index is 2.12. The van der Waals surface area contributed by atoms with E-state index in [1.54, 1.807) is 42.5 Å². The monoisotopic (exact) mass is 371 g/mol. The number of anilines is 1. The van der Waals surface area contributed by atoms with Gasteiger partial charge in [0.2, 0.25) is 0 Å². The number of benzene rings is 2. The van der Waals surface area contributed by atoms with Crippen LogP contribution >= 0.6 is 0 Å². The van der Waals surface area contributed by atoms with Crippen LogP contribution in [0.2, 0.25) is 0 Å². The normalized spacial score (nSPS) is 11.3. The number of hydrogen-bond donors (Lipinski definition) is 1. The predicted molar refractivity (Wildman–Crippen MR) is 99.5 cm³/mol. The number of Topliss-reactive ketones (excluding diaryl/α,β-unsaturated/α-hetero) is 1. The molecule has 27 heavy (non-hydrogen) atoms. The maximum atomic E-state index is 12.5. The third-order valence-corrected chi connectivity index (χ3v) is 3.82. The summed E-state index contributed by atoms with van der Waals surface area (Å²) >= 11 is 0. The van der Waals surface area contributed by atoms with Gasteiger partial charge in [-0.3, -0.25) is 9.59 Å². The maximum Gasteiger partial charge on any atom is 0.346 e. The number of ketones is 1. The molecule has 0 aromatic heterocycles. The molecule has 0 saturated heterocycles. The van der Waals surface area contributed by atoms with E-state index in [1.165, 1.54) is 28.1 Å². The first-order valence-electron chi connectivity index (χ1n) is 8.21. The van der Waals surface area contributed by atoms with Crippen LogP contribution in [0.4, 0.5) is 5.69 Å². The average molecular weight is 371 g/mol. The molecule has 0 saturated carbocycles. The minimum absolute atomic E-state index is 0.0979. The van der Waals surface area contributed by atoms with Gasteiger partial charge in [0.15, 0.2) is 11.9 Å². The summed E-state index contributed by atoms with van der Waals surface area (Å²) in [6.07, 6.45) is -1.08. The van der Waals surface area contributed by atoms with Crippen molar-refractivity contribution in [1.29, 1.82) is 0 Å². The number of carbonyl (C=O) groups excluding carboxylic acids is 3. The number of ether oxygens (including phenoxy) is 3. The highest BCUT2D eigenvalue weighted by molar-refractivity contribution is 6.01. The first-order valence-corrected chi connectivity index (χ1v) is 8.21. The van der Waals surface area contributed by atoms with Crippen LogP contribution in [0.1, 0.15) is 34.6 Å². The molecule has 0 radical (unpaired) electrons. The van der Waals surface area contributed by atoms with E-state index in [0.717, 1.165) is 0 Å². The van der Waals surface area contributed by atoms with Crippen molar-refractivity contribution in [3.05, 3.63) is 53.6 Å². The molecule has 0 aliphatic rings. The van der Waals surface area contributed by atoms with Crippen molar-refractivity contribution < 1.29 is 28.6 Å². The molecule has 2 rings (SSSR count). The second kappa shape index (κ2) is 8.84. The van der Waals surface area contributed by atoms with Crippen molar-refractivity contribution in [3.63, 3.8) is 0 Å². The fraction of sp³-hybridized carbons (Fsp3) is 0.250. The highest BCUT2D eigenvalue weighted by Crippen LogP contribution is 2.29. The van der Waals surface area contributed by atoms with Gasteiger partial charge in [-0.05, 0) is 38.1 Å². The molecular formula is C20H21NO6. The van der Waals surface area contributed by atoms with E-state index in [4.69, 9.17) is 14.2 Å². The molecule has 0 bridgehead atoms. The minimum atomic E-state index is -1.08. The zero-order valence-corrected chi connectivity index (χ0v) is 15.6. The Kier molecular flexibility index (Phi) is 6.54. The van der Waals surface area contributed by atoms with Crippen LogP contribution < -0.4 is 14.8 Å². The molecular weight excluding hydrogens is 350 g/mol. The van der Waals surface area contributed by atoms with Crippen molar-refractivity contribution in [1.82, 2.24) is 0 Å². The predicted octanol–water partition coefficient (Wildman–Crippen LogP) is 3.09. The molecule has 0 aliphatic heterocycles. The van der Waals surface area contributed by atoms with Crippen LogP contribution in [0.15, 0.2) is 42.5 Å². The summed E-state index contributed by atoms with van der Waals surface area (Å²) < 4.78 is 15.6. The molecule has 0 spiro atoms. The van der Waals surface area contributed by atoms with Gasteiger partial charge in [-0.1, -0.05) is 18.2 Å². The fourth-order valence-corrected chi connectivity index (χ4v) is 2.39. The molecule has 1 N–H and O–H groups in total. The van der Waals surface area contributed by atoms with Gasteiger partial charge < -0.3 is 19.5 Å². The summed E-state index contributed by atoms with van der Waals surface area (Å²) in [6, 6.07) is 11.4. The van der Waals surface area contributed by atoms with Gasteiger partial charge in [-0.15, -0.1) is 0 Å². The number of methoxy groups -OCH3 is 2. The largest absolute Gasteiger partial charge is 0.496 e. The Labute approximate surface area is 157 Å². The van der Waals surface area contributed by atoms with E-state index >= 15 is 0 Å². The lowest BCUT2D eigenvalue weighted by atomic mass is 10.1. The molecule has 1 unspecified atom stereocenters. The lowest BCUT2D eigenvalue weighted by molar-refractivity contribution is -0.123. The summed E-state index contributed by atoms with van der Waals surface area (Å²) in [5.74, 6) is -0.835. The van der Waals surface area contributed by atoms with Crippen LogP contribution in [0.5, 0.6) is 11.5 Å². The van der Waals surface area contributed by atoms with Gasteiger partial charge >= 0.3 is 5.97 Å². The summed E-state index contributed by atoms with van der Waals surface area (Å²) in [6.45, 7) is 2.88. The number of amides is 1. The lowest BCUT2D eigenvalue weighted by Crippen LogP contribution is -2.30. The standard InChI is InChI=1S/C20H21NO6/c1-12(22)14-7-5-8-15(11-14)21-19(23)13(2)27-20(24)18-16(25-3)9-6-10-17(18)26-4/h5-11,13H,1-4H3,(H,21,23). The lowest BCUT2D eigenvalue weighted by Gasteiger charge is -2.16. The molecule has 0 heterocycles. The smallest absolute Gasteiger partial charge is 0.346 e. The highest BCUT2D eigenvalue weighted by Gasteiger charge is 2.24. The molecule has 1 atom stereocenters. The van der Waals surface area contributed by atoms with Crippen molar-refractivity contribution in [2.45, 2.75) is 20.0 Å². The van der Waals surface area contributed by atoms with E-state index in [0.29, 0.717) is 11.3 Å². The SMILES string of the molecule is COc1cccc(OC)c1C(=O)OC(C)C(=O)Nc1cccc(C(C)=O)c1. The maximum absolute atomic E-state index is 12.5. The molecule has 7 heteroatoms. The van der Waals surface area contributed by atoms with Gasteiger partial charge in [0, 0.05) is 11.3 Å². The molecule has 1 amide bonds. The Hall–Kier alpha value is -3.35. The quantitative estimate of drug-likeness (QED) is 0.594. The average Bonchev–Trinajstić information content (AvgIpc) is 2.67. The minimum Gasteiger partial charge on any atom is -0.496 e. The van der Waals surface area contributed by atoms with E-state index < -0.39 is 18.0 Å². The third kappa shape index (κ3) is 4.84. The number of carbonyl (C=O) groups is 3. The van der Waals surface area contributed by atoms with Gasteiger partial charge in [0.1, 0.15) is 17.1 Å². The third-order valence-electron chi connectivity index (χ3n) is 3.82. The zero-order valence-electron chi connectivity index (χ0n) is 15.6. The highest BCUT2D eigenvalue weighted by atomic mass is 16.6. The van der Waals surface area contributed by atoms with Crippen LogP contribution in [-0.2, 0) is 9.53 Å². The first-order chi connectivity index (χ1) is 12.9. The number of esters is 1. The molecule has 2 aromatic rings. The van der Waals surface area contributed by atoms with Gasteiger partial charge in [-0.2, -0.15) is 0 Å². The Morgan fingerprint density at radius 2 is 1.56 bits per heavy atom. The van der Waals surface area contributed by atoms with Gasteiger partial charge in [0.05, 0.1) is 14.2 Å². The molecule has 7 nitrogen and oxygen atoms in total. The van der Waals surface area contributed by atoms with Crippen molar-refractivity contribution >= 4 is 23.3 Å². The van der Waals surface area contributed by atoms with Crippen LogP contribution in [0, 0.1) is 0 Å². The Morgan fingerprint density at radius 3 is 2.11 bits per heavy atom. The molecule has 2 aromatic carbocycles. The van der Waals surface area contributed by atoms with Gasteiger partial charge in [-0.25, -0.2) is 4.79 Å². The summed E-state index contributed by atoms with van der Waals surface area (Å²) in [5, 5.41) is 2.62. The number of hydrogen-bond acceptors (Lipinski definition) is 6. The fourth-order valence-electron chi connectivity index (χ4n) is 2.39. The van der Waals surface area contributed by atoms with Crippen LogP contribution in [0.3, 0.4) is 0 Å². The molecule has 142 valence electrons. The van der Waals surface area contributed by atoms with Crippen molar-refractivity contribution in [2.75, 3.05) is 19.5 Å². The van der Waals surface area contributed by atoms with Crippen molar-refractivity contribution in [2.24, 2.45) is 0 Å². The summed E-state index contributed by atoms with van der Waals surface area (Å²) in [4.78, 5) is 36.3. The van der Waals surface area contributed by atoms with Crippen LogP contribution in [0.25, 0.3) is 0 Å². The number of rotatable bonds is 7. The Morgan fingerprint density at radius 1 is 0.963 bits per heavy atom. The second-order valence-electron chi connectivity index (χ2n) is 5.71. The van der Waals surface area contributed by atoms with Gasteiger partial charge in [0.25, 0.3) is 5.91 Å². The zero-order chi connectivity index (χ0) is 20.0. The number of nitrogens with one attached hydrogen (secondary N) is 1. The topological polar surface area (TPSA) is 90.9 Å².